The average Bonchev–Trinajstić information content (AvgIpc) is 2.96. The third kappa shape index (κ3) is 12.1. The fraction of sp³-hybridized carbons (Fsp3) is 0.333. The quantitative estimate of drug-likeness (QED) is 0.307. The number of aliphatic carboxylic acids is 1. The van der Waals surface area contributed by atoms with Gasteiger partial charge in [0.05, 0.1) is 0 Å². The van der Waals surface area contributed by atoms with Crippen LogP contribution in [-0.4, -0.2) is 24.0 Å². The second-order valence-corrected chi connectivity index (χ2v) is 9.04. The van der Waals surface area contributed by atoms with Gasteiger partial charge in [0.1, 0.15) is 17.8 Å². The highest BCUT2D eigenvalue weighted by Gasteiger charge is 2.28. The number of alkyl halides is 3. The predicted octanol–water partition coefficient (Wildman–Crippen LogP) is 4.94. The summed E-state index contributed by atoms with van der Waals surface area (Å²) >= 11 is 0. The summed E-state index contributed by atoms with van der Waals surface area (Å²) < 4.78 is 31.5. The molecule has 0 aliphatic carbocycles. The Morgan fingerprint density at radius 3 is 2.12 bits per heavy atom. The van der Waals surface area contributed by atoms with E-state index in [1.54, 1.807) is 0 Å². The van der Waals surface area contributed by atoms with E-state index < -0.39 is 12.1 Å². The minimum absolute atomic E-state index is 0.147. The highest BCUT2D eigenvalue weighted by molar-refractivity contribution is 5.77. The Balaban J connectivity index is 0.000000708. The molecule has 1 heterocycles. The maximum absolute atomic E-state index is 12.7. The van der Waals surface area contributed by atoms with E-state index in [1.165, 1.54) is 0 Å². The maximum Gasteiger partial charge on any atom is 0.430 e. The summed E-state index contributed by atoms with van der Waals surface area (Å²) in [5.41, 5.74) is 4.27. The zero-order valence-electron chi connectivity index (χ0n) is 22.3. The van der Waals surface area contributed by atoms with Crippen LogP contribution in [0, 0.1) is 0 Å². The van der Waals surface area contributed by atoms with E-state index in [4.69, 9.17) is 9.90 Å². The van der Waals surface area contributed by atoms with Crippen LogP contribution in [0.1, 0.15) is 62.7 Å². The Labute approximate surface area is 231 Å². The molecule has 0 saturated carbocycles. The molecule has 214 valence electrons. The number of aromatic amines is 1. The van der Waals surface area contributed by atoms with Crippen molar-refractivity contribution in [3.05, 3.63) is 90.3 Å². The van der Waals surface area contributed by atoms with Crippen molar-refractivity contribution < 1.29 is 37.6 Å². The first-order chi connectivity index (χ1) is 19.1. The molecule has 3 N–H and O–H groups in total. The summed E-state index contributed by atoms with van der Waals surface area (Å²) in [6.07, 6.45) is 1.57. The predicted molar refractivity (Wildman–Crippen MR) is 142 cm³/mol. The highest BCUT2D eigenvalue weighted by atomic mass is 19.4. The molecule has 10 heteroatoms. The van der Waals surface area contributed by atoms with Gasteiger partial charge >= 0.3 is 12.2 Å². The number of rotatable bonds is 12. The Morgan fingerprint density at radius 1 is 0.900 bits per heavy atom. The van der Waals surface area contributed by atoms with Gasteiger partial charge in [-0.3, -0.25) is 4.79 Å². The molecular weight excluding hydrogens is 523 g/mol. The zero-order chi connectivity index (χ0) is 29.4. The number of carbonyl (C=O) groups is 3. The molecule has 0 spiro atoms. The smallest absolute Gasteiger partial charge is 0.430 e. The van der Waals surface area contributed by atoms with Gasteiger partial charge in [-0.2, -0.15) is 13.2 Å². The van der Waals surface area contributed by atoms with Gasteiger partial charge in [0, 0.05) is 31.5 Å². The van der Waals surface area contributed by atoms with Crippen LogP contribution < -0.4 is 20.7 Å². The van der Waals surface area contributed by atoms with Crippen molar-refractivity contribution in [2.24, 2.45) is 0 Å². The van der Waals surface area contributed by atoms with Crippen molar-refractivity contribution in [2.45, 2.75) is 64.2 Å². The molecule has 0 saturated heterocycles. The van der Waals surface area contributed by atoms with Crippen molar-refractivity contribution in [3.63, 3.8) is 0 Å². The number of halogens is 3. The van der Waals surface area contributed by atoms with Crippen molar-refractivity contribution in [1.82, 2.24) is 10.6 Å². The molecule has 0 fully saturated rings. The first-order valence-electron chi connectivity index (χ1n) is 13.0. The first-order valence-corrected chi connectivity index (χ1v) is 13.0. The number of carboxylic acids is 1. The third-order valence-electron chi connectivity index (χ3n) is 5.98. The van der Waals surface area contributed by atoms with Crippen LogP contribution in [0.15, 0.2) is 79.0 Å². The average molecular weight is 558 g/mol. The number of urea groups is 1. The lowest BCUT2D eigenvalue weighted by molar-refractivity contribution is -0.393. The van der Waals surface area contributed by atoms with E-state index in [0.717, 1.165) is 48.1 Å². The Kier molecular flexibility index (Phi) is 13.4. The van der Waals surface area contributed by atoms with Gasteiger partial charge in [-0.1, -0.05) is 80.4 Å². The van der Waals surface area contributed by atoms with E-state index in [-0.39, 0.29) is 12.1 Å². The van der Waals surface area contributed by atoms with Crippen LogP contribution in [0.4, 0.5) is 18.0 Å². The second-order valence-electron chi connectivity index (χ2n) is 9.04. The molecule has 7 nitrogen and oxygen atoms in total. The number of hydrogen-bond donors (Lipinski definition) is 2. The minimum Gasteiger partial charge on any atom is -0.542 e. The number of nitrogens with one attached hydrogen (secondary N) is 3. The number of carbonyl (C=O) groups excluding carboxylic acids is 3. The third-order valence-corrected chi connectivity index (χ3v) is 5.98. The van der Waals surface area contributed by atoms with Gasteiger partial charge in [-0.15, -0.1) is 0 Å². The lowest BCUT2D eigenvalue weighted by Crippen LogP contribution is -2.39. The lowest BCUT2D eigenvalue weighted by atomic mass is 10.00. The Bertz CT molecular complexity index is 1210. The molecule has 2 aromatic carbocycles. The monoisotopic (exact) mass is 557 g/mol. The Morgan fingerprint density at radius 2 is 1.52 bits per heavy atom. The Hall–Kier alpha value is -4.21. The van der Waals surface area contributed by atoms with Crippen molar-refractivity contribution >= 4 is 17.8 Å². The van der Waals surface area contributed by atoms with E-state index in [2.05, 4.69) is 33.8 Å². The van der Waals surface area contributed by atoms with Crippen LogP contribution in [0.3, 0.4) is 0 Å². The minimum atomic E-state index is -5.19. The molecule has 3 rings (SSSR count). The number of aromatic nitrogens is 1. The fourth-order valence-corrected chi connectivity index (χ4v) is 3.81. The normalized spacial score (nSPS) is 11.5. The van der Waals surface area contributed by atoms with Crippen LogP contribution in [0.2, 0.25) is 0 Å². The number of amides is 2. The van der Waals surface area contributed by atoms with Crippen LogP contribution in [-0.2, 0) is 16.1 Å². The number of pyridine rings is 1. The van der Waals surface area contributed by atoms with Crippen LogP contribution in [0.25, 0.3) is 11.1 Å². The molecule has 0 unspecified atom stereocenters. The van der Waals surface area contributed by atoms with Gasteiger partial charge in [0.15, 0.2) is 6.20 Å². The van der Waals surface area contributed by atoms with Gasteiger partial charge in [-0.05, 0) is 29.5 Å². The van der Waals surface area contributed by atoms with Crippen molar-refractivity contribution in [3.8, 4) is 11.1 Å². The summed E-state index contributed by atoms with van der Waals surface area (Å²) in [5.74, 6) is -2.69. The van der Waals surface area contributed by atoms with Crippen LogP contribution in [0.5, 0.6) is 0 Å². The van der Waals surface area contributed by atoms with Crippen LogP contribution >= 0.6 is 0 Å². The largest absolute Gasteiger partial charge is 0.542 e. The van der Waals surface area contributed by atoms with Gasteiger partial charge < -0.3 is 20.5 Å². The summed E-state index contributed by atoms with van der Waals surface area (Å²) in [5, 5.41) is 14.9. The number of unbranched alkanes of at least 4 members (excludes halogenated alkanes) is 2. The van der Waals surface area contributed by atoms with Crippen molar-refractivity contribution in [2.75, 3.05) is 0 Å². The van der Waals surface area contributed by atoms with Gasteiger partial charge in [0.2, 0.25) is 5.69 Å². The fourth-order valence-electron chi connectivity index (χ4n) is 3.81. The van der Waals surface area contributed by atoms with Crippen molar-refractivity contribution in [1.29, 1.82) is 0 Å². The van der Waals surface area contributed by atoms with E-state index >= 15 is 0 Å². The summed E-state index contributed by atoms with van der Waals surface area (Å²) in [6.45, 7) is 2.39. The number of hydrogen-bond acceptors (Lipinski definition) is 4. The number of benzene rings is 2. The molecule has 0 bridgehead atoms. The van der Waals surface area contributed by atoms with E-state index in [9.17, 15) is 22.8 Å². The van der Waals surface area contributed by atoms with Gasteiger partial charge in [0.25, 0.3) is 0 Å². The highest BCUT2D eigenvalue weighted by Crippen LogP contribution is 2.23. The number of Topliss-reactive ketones (excluding diaryl/α,β-unsaturated/α-hetero) is 1. The van der Waals surface area contributed by atoms with E-state index in [0.29, 0.717) is 25.2 Å². The molecule has 0 radical (unpaired) electrons. The SMILES string of the molecule is CCC(=O)CCCCC[C@H](NC(=O)NCc1ccccc1)c1cc(-c2ccccc2)cc[nH+]1.O=C([O-])C(F)(F)F. The lowest BCUT2D eigenvalue weighted by Gasteiger charge is -2.17. The molecule has 2 amide bonds. The number of ketones is 1. The number of carboxylic acid groups (broad SMARTS) is 1. The second kappa shape index (κ2) is 16.7. The topological polar surface area (TPSA) is 112 Å². The molecule has 3 aromatic rings. The molecule has 0 aliphatic rings. The van der Waals surface area contributed by atoms with Gasteiger partial charge in [-0.25, -0.2) is 9.78 Å². The molecule has 0 aliphatic heterocycles. The summed E-state index contributed by atoms with van der Waals surface area (Å²) in [4.78, 5) is 36.4. The molecular formula is C30H34F3N3O4. The summed E-state index contributed by atoms with van der Waals surface area (Å²) in [6, 6.07) is 23.9. The number of H-pyrrole nitrogens is 1. The zero-order valence-corrected chi connectivity index (χ0v) is 22.3. The molecule has 1 aromatic heterocycles. The molecule has 1 atom stereocenters. The molecule has 40 heavy (non-hydrogen) atoms. The summed E-state index contributed by atoms with van der Waals surface area (Å²) in [7, 11) is 0. The van der Waals surface area contributed by atoms with E-state index in [1.807, 2.05) is 67.7 Å². The standard InChI is InChI=1S/C28H33N3O2.C2HF3O2/c1-2-25(32)16-10-5-11-17-26(31-28(33)30-21-22-12-6-3-7-13-22)27-20-24(18-19-29-27)23-14-8-4-9-15-23;3-2(4,5)1(6)7/h3-4,6-9,12-15,18-20,26H,2,5,10-11,16-17,21H2,1H3,(H2,30,31,33);(H,6,7)/t26-;/m0./s1. The maximum atomic E-state index is 12.7. The first kappa shape index (κ1) is 32.0.